The first-order valence-corrected chi connectivity index (χ1v) is 8.25. The summed E-state index contributed by atoms with van der Waals surface area (Å²) in [5.41, 5.74) is 3.24. The van der Waals surface area contributed by atoms with Crippen LogP contribution in [0.25, 0.3) is 0 Å². The van der Waals surface area contributed by atoms with Crippen LogP contribution in [0.4, 0.5) is 10.5 Å². The average Bonchev–Trinajstić information content (AvgIpc) is 3.08. The number of carbonyl (C=O) groups excluding carboxylic acids is 1. The zero-order valence-electron chi connectivity index (χ0n) is 13.6. The Hall–Kier alpha value is -2.69. The predicted octanol–water partition coefficient (Wildman–Crippen LogP) is 3.64. The Balaban J connectivity index is 1.46. The van der Waals surface area contributed by atoms with E-state index < -0.39 is 0 Å². The number of urea groups is 1. The second-order valence-corrected chi connectivity index (χ2v) is 6.25. The lowest BCUT2D eigenvalue weighted by Gasteiger charge is -2.32. The maximum Gasteiger partial charge on any atom is 0.322 e. The fourth-order valence-corrected chi connectivity index (χ4v) is 3.28. The molecule has 1 atom stereocenters. The van der Waals surface area contributed by atoms with Crippen molar-refractivity contribution in [2.45, 2.75) is 25.8 Å². The molecule has 24 heavy (non-hydrogen) atoms. The molecular formula is C19H20N2O3. The van der Waals surface area contributed by atoms with E-state index in [2.05, 4.69) is 18.3 Å². The Kier molecular flexibility index (Phi) is 3.76. The minimum absolute atomic E-state index is 0.0629. The second kappa shape index (κ2) is 6.07. The molecule has 2 aromatic carbocycles. The number of ether oxygens (including phenoxy) is 2. The van der Waals surface area contributed by atoms with Gasteiger partial charge >= 0.3 is 6.03 Å². The molecule has 0 aliphatic carbocycles. The number of rotatable bonds is 2. The van der Waals surface area contributed by atoms with Gasteiger partial charge in [-0.3, -0.25) is 4.90 Å². The number of amides is 2. The standard InChI is InChI=1S/C19H20N2O3/c1-13-8-9-21(16-5-3-2-4-15(13)16)19(22)20-11-14-6-7-17-18(10-14)24-12-23-17/h2-7,10,13H,8-9,11-12H2,1H3,(H,20,22). The van der Waals surface area contributed by atoms with E-state index in [9.17, 15) is 4.79 Å². The number of fused-ring (bicyclic) bond motifs is 2. The largest absolute Gasteiger partial charge is 0.454 e. The zero-order chi connectivity index (χ0) is 16.5. The van der Waals surface area contributed by atoms with E-state index in [0.717, 1.165) is 35.7 Å². The van der Waals surface area contributed by atoms with E-state index in [1.54, 1.807) is 0 Å². The van der Waals surface area contributed by atoms with E-state index in [1.165, 1.54) is 5.56 Å². The highest BCUT2D eigenvalue weighted by atomic mass is 16.7. The lowest BCUT2D eigenvalue weighted by molar-refractivity contribution is 0.174. The molecule has 2 aliphatic rings. The fourth-order valence-electron chi connectivity index (χ4n) is 3.28. The highest BCUT2D eigenvalue weighted by Crippen LogP contribution is 2.35. The Morgan fingerprint density at radius 1 is 1.21 bits per heavy atom. The monoisotopic (exact) mass is 324 g/mol. The molecule has 0 bridgehead atoms. The molecule has 2 amide bonds. The smallest absolute Gasteiger partial charge is 0.322 e. The Morgan fingerprint density at radius 2 is 2.04 bits per heavy atom. The van der Waals surface area contributed by atoms with Crippen molar-refractivity contribution in [3.63, 3.8) is 0 Å². The summed E-state index contributed by atoms with van der Waals surface area (Å²) >= 11 is 0. The van der Waals surface area contributed by atoms with Gasteiger partial charge < -0.3 is 14.8 Å². The Morgan fingerprint density at radius 3 is 2.96 bits per heavy atom. The van der Waals surface area contributed by atoms with Crippen LogP contribution in [0.3, 0.4) is 0 Å². The van der Waals surface area contributed by atoms with Gasteiger partial charge in [0, 0.05) is 18.8 Å². The van der Waals surface area contributed by atoms with E-state index in [-0.39, 0.29) is 12.8 Å². The first-order chi connectivity index (χ1) is 11.7. The van der Waals surface area contributed by atoms with Crippen molar-refractivity contribution in [1.29, 1.82) is 0 Å². The molecule has 0 spiro atoms. The van der Waals surface area contributed by atoms with Crippen LogP contribution in [-0.2, 0) is 6.54 Å². The molecule has 1 unspecified atom stereocenters. The number of hydrogen-bond donors (Lipinski definition) is 1. The van der Waals surface area contributed by atoms with Gasteiger partial charge in [-0.2, -0.15) is 0 Å². The van der Waals surface area contributed by atoms with Gasteiger partial charge in [-0.05, 0) is 41.7 Å². The first-order valence-electron chi connectivity index (χ1n) is 8.25. The minimum atomic E-state index is -0.0629. The third kappa shape index (κ3) is 2.66. The Bertz CT molecular complexity index is 775. The lowest BCUT2D eigenvalue weighted by Crippen LogP contribution is -2.43. The normalized spacial score (nSPS) is 18.2. The van der Waals surface area contributed by atoms with Crippen molar-refractivity contribution < 1.29 is 14.3 Å². The summed E-state index contributed by atoms with van der Waals surface area (Å²) in [5, 5.41) is 3.01. The molecule has 0 radical (unpaired) electrons. The number of carbonyl (C=O) groups is 1. The summed E-state index contributed by atoms with van der Waals surface area (Å²) in [5.74, 6) is 1.97. The molecule has 0 fully saturated rings. The van der Waals surface area contributed by atoms with Gasteiger partial charge in [-0.1, -0.05) is 31.2 Å². The van der Waals surface area contributed by atoms with Crippen LogP contribution >= 0.6 is 0 Å². The summed E-state index contributed by atoms with van der Waals surface area (Å²) in [6, 6.07) is 13.8. The minimum Gasteiger partial charge on any atom is -0.454 e. The molecule has 4 rings (SSSR count). The third-order valence-corrected chi connectivity index (χ3v) is 4.67. The predicted molar refractivity (Wildman–Crippen MR) is 91.6 cm³/mol. The maximum atomic E-state index is 12.6. The molecule has 0 saturated heterocycles. The number of benzene rings is 2. The van der Waals surface area contributed by atoms with Crippen LogP contribution in [0, 0.1) is 0 Å². The summed E-state index contributed by atoms with van der Waals surface area (Å²) in [6.45, 7) is 3.67. The number of nitrogens with one attached hydrogen (secondary N) is 1. The molecule has 2 aromatic rings. The lowest BCUT2D eigenvalue weighted by atomic mass is 9.92. The number of nitrogens with zero attached hydrogens (tertiary/aromatic N) is 1. The second-order valence-electron chi connectivity index (χ2n) is 6.25. The van der Waals surface area contributed by atoms with Gasteiger partial charge in [0.25, 0.3) is 0 Å². The van der Waals surface area contributed by atoms with Gasteiger partial charge in [-0.15, -0.1) is 0 Å². The average molecular weight is 324 g/mol. The van der Waals surface area contributed by atoms with Gasteiger partial charge in [0.2, 0.25) is 6.79 Å². The molecule has 2 heterocycles. The third-order valence-electron chi connectivity index (χ3n) is 4.67. The molecular weight excluding hydrogens is 304 g/mol. The van der Waals surface area contributed by atoms with Crippen LogP contribution in [0.5, 0.6) is 11.5 Å². The summed E-state index contributed by atoms with van der Waals surface area (Å²) in [7, 11) is 0. The van der Waals surface area contributed by atoms with Gasteiger partial charge in [0.15, 0.2) is 11.5 Å². The summed E-state index contributed by atoms with van der Waals surface area (Å²) < 4.78 is 10.7. The summed E-state index contributed by atoms with van der Waals surface area (Å²) in [4.78, 5) is 14.5. The van der Waals surface area contributed by atoms with Crippen LogP contribution in [0.2, 0.25) is 0 Å². The van der Waals surface area contributed by atoms with Crippen molar-refractivity contribution in [3.05, 3.63) is 53.6 Å². The van der Waals surface area contributed by atoms with Crippen LogP contribution in [0.15, 0.2) is 42.5 Å². The molecule has 5 heteroatoms. The van der Waals surface area contributed by atoms with E-state index >= 15 is 0 Å². The van der Waals surface area contributed by atoms with Crippen molar-refractivity contribution in [2.75, 3.05) is 18.2 Å². The van der Waals surface area contributed by atoms with Gasteiger partial charge in [-0.25, -0.2) is 4.79 Å². The number of anilines is 1. The molecule has 0 aromatic heterocycles. The highest BCUT2D eigenvalue weighted by Gasteiger charge is 2.26. The van der Waals surface area contributed by atoms with Crippen LogP contribution < -0.4 is 19.7 Å². The number of hydrogen-bond acceptors (Lipinski definition) is 3. The van der Waals surface area contributed by atoms with Crippen LogP contribution in [-0.4, -0.2) is 19.4 Å². The van der Waals surface area contributed by atoms with Gasteiger partial charge in [0.05, 0.1) is 0 Å². The van der Waals surface area contributed by atoms with Gasteiger partial charge in [0.1, 0.15) is 0 Å². The van der Waals surface area contributed by atoms with E-state index in [1.807, 2.05) is 41.3 Å². The molecule has 0 saturated carbocycles. The SMILES string of the molecule is CC1CCN(C(=O)NCc2ccc3c(c2)OCO3)c2ccccc21. The number of para-hydroxylation sites is 1. The highest BCUT2D eigenvalue weighted by molar-refractivity contribution is 5.93. The van der Waals surface area contributed by atoms with Crippen molar-refractivity contribution in [3.8, 4) is 11.5 Å². The molecule has 124 valence electrons. The van der Waals surface area contributed by atoms with E-state index in [0.29, 0.717) is 12.5 Å². The maximum absolute atomic E-state index is 12.6. The van der Waals surface area contributed by atoms with Crippen LogP contribution in [0.1, 0.15) is 30.4 Å². The quantitative estimate of drug-likeness (QED) is 0.917. The topological polar surface area (TPSA) is 50.8 Å². The molecule has 2 aliphatic heterocycles. The van der Waals surface area contributed by atoms with Crippen molar-refractivity contribution >= 4 is 11.7 Å². The first kappa shape index (κ1) is 14.9. The van der Waals surface area contributed by atoms with Crippen molar-refractivity contribution in [1.82, 2.24) is 5.32 Å². The molecule has 5 nitrogen and oxygen atoms in total. The zero-order valence-corrected chi connectivity index (χ0v) is 13.6. The molecule has 1 N–H and O–H groups in total. The van der Waals surface area contributed by atoms with Crippen molar-refractivity contribution in [2.24, 2.45) is 0 Å². The Labute approximate surface area is 141 Å². The summed E-state index contributed by atoms with van der Waals surface area (Å²) in [6.07, 6.45) is 0.981. The fraction of sp³-hybridized carbons (Fsp3) is 0.316. The van der Waals surface area contributed by atoms with E-state index in [4.69, 9.17) is 9.47 Å².